The largest absolute Gasteiger partial charge is 0.468 e. The summed E-state index contributed by atoms with van der Waals surface area (Å²) in [5, 5.41) is 4.26. The van der Waals surface area contributed by atoms with Crippen molar-refractivity contribution in [1.82, 2.24) is 5.32 Å². The minimum atomic E-state index is 0.0933. The van der Waals surface area contributed by atoms with Crippen LogP contribution >= 0.6 is 23.4 Å². The second-order valence-corrected chi connectivity index (χ2v) is 7.18. The van der Waals surface area contributed by atoms with E-state index in [0.29, 0.717) is 0 Å². The molecule has 0 aliphatic heterocycles. The predicted molar refractivity (Wildman–Crippen MR) is 86.3 cm³/mol. The number of rotatable bonds is 5. The third-order valence-electron chi connectivity index (χ3n) is 2.79. The molecule has 108 valence electrons. The number of thioether (sulfide) groups is 1. The summed E-state index contributed by atoms with van der Waals surface area (Å²) >= 11 is 8.07. The quantitative estimate of drug-likeness (QED) is 0.777. The first-order valence-electron chi connectivity index (χ1n) is 6.63. The molecule has 1 N–H and O–H groups in total. The summed E-state index contributed by atoms with van der Waals surface area (Å²) in [6.45, 7) is 7.23. The molecular weight excluding hydrogens is 290 g/mol. The second kappa shape index (κ2) is 6.70. The zero-order valence-corrected chi connectivity index (χ0v) is 13.6. The van der Waals surface area contributed by atoms with Crippen molar-refractivity contribution < 1.29 is 4.42 Å². The lowest BCUT2D eigenvalue weighted by molar-refractivity contribution is 0.424. The van der Waals surface area contributed by atoms with Gasteiger partial charge >= 0.3 is 0 Å². The van der Waals surface area contributed by atoms with Gasteiger partial charge in [0.1, 0.15) is 5.76 Å². The Kier molecular flexibility index (Phi) is 5.19. The fourth-order valence-corrected chi connectivity index (χ4v) is 2.82. The van der Waals surface area contributed by atoms with Gasteiger partial charge in [-0.25, -0.2) is 0 Å². The molecule has 2 nitrogen and oxygen atoms in total. The first kappa shape index (κ1) is 15.5. The van der Waals surface area contributed by atoms with Crippen molar-refractivity contribution in [2.45, 2.75) is 43.5 Å². The summed E-state index contributed by atoms with van der Waals surface area (Å²) in [6.07, 6.45) is 1.70. The Hall–Kier alpha value is -0.900. The van der Waals surface area contributed by atoms with E-state index in [1.54, 1.807) is 18.0 Å². The van der Waals surface area contributed by atoms with Gasteiger partial charge in [0.05, 0.1) is 12.0 Å². The van der Waals surface area contributed by atoms with Crippen LogP contribution in [-0.2, 0) is 12.3 Å². The molecule has 0 bridgehead atoms. The Morgan fingerprint density at radius 3 is 2.65 bits per heavy atom. The number of hydrogen-bond donors (Lipinski definition) is 1. The molecule has 0 aliphatic rings. The minimum Gasteiger partial charge on any atom is -0.468 e. The van der Waals surface area contributed by atoms with E-state index >= 15 is 0 Å². The lowest BCUT2D eigenvalue weighted by Gasteiger charge is -2.21. The third kappa shape index (κ3) is 4.89. The van der Waals surface area contributed by atoms with Crippen molar-refractivity contribution in [2.24, 2.45) is 0 Å². The molecule has 2 aromatic rings. The fraction of sp³-hybridized carbons (Fsp3) is 0.375. The molecule has 1 heterocycles. The van der Waals surface area contributed by atoms with Gasteiger partial charge in [0.25, 0.3) is 0 Å². The van der Waals surface area contributed by atoms with Crippen molar-refractivity contribution in [3.05, 3.63) is 52.9 Å². The Morgan fingerprint density at radius 1 is 1.25 bits per heavy atom. The highest BCUT2D eigenvalue weighted by Gasteiger charge is 2.10. The molecule has 0 atom stereocenters. The Labute approximate surface area is 129 Å². The number of halogens is 1. The monoisotopic (exact) mass is 309 g/mol. The van der Waals surface area contributed by atoms with Crippen LogP contribution in [0.25, 0.3) is 0 Å². The molecule has 0 spiro atoms. The van der Waals surface area contributed by atoms with Crippen LogP contribution in [0.5, 0.6) is 0 Å². The first-order chi connectivity index (χ1) is 9.44. The van der Waals surface area contributed by atoms with Gasteiger partial charge in [0.2, 0.25) is 0 Å². The van der Waals surface area contributed by atoms with E-state index in [9.17, 15) is 0 Å². The third-order valence-corrected chi connectivity index (χ3v) is 4.16. The predicted octanol–water partition coefficient (Wildman–Crippen LogP) is 5.11. The van der Waals surface area contributed by atoms with E-state index in [1.807, 2.05) is 18.2 Å². The van der Waals surface area contributed by atoms with E-state index in [4.69, 9.17) is 16.0 Å². The van der Waals surface area contributed by atoms with Crippen molar-refractivity contribution in [3.8, 4) is 0 Å². The zero-order chi connectivity index (χ0) is 14.6. The van der Waals surface area contributed by atoms with Crippen LogP contribution in [0.1, 0.15) is 32.1 Å². The van der Waals surface area contributed by atoms with Crippen molar-refractivity contribution in [1.29, 1.82) is 0 Å². The average Bonchev–Trinajstić information content (AvgIpc) is 2.87. The van der Waals surface area contributed by atoms with E-state index in [2.05, 4.69) is 38.2 Å². The maximum Gasteiger partial charge on any atom is 0.113 e. The maximum atomic E-state index is 6.34. The molecule has 20 heavy (non-hydrogen) atoms. The lowest BCUT2D eigenvalue weighted by atomic mass is 10.1. The Balaban J connectivity index is 1.95. The van der Waals surface area contributed by atoms with Crippen molar-refractivity contribution in [3.63, 3.8) is 0 Å². The van der Waals surface area contributed by atoms with Crippen molar-refractivity contribution in [2.75, 3.05) is 0 Å². The SMILES string of the molecule is CC(C)(C)NCc1ccc(SCc2ccco2)cc1Cl. The highest BCUT2D eigenvalue weighted by molar-refractivity contribution is 7.98. The Morgan fingerprint density at radius 2 is 2.05 bits per heavy atom. The lowest BCUT2D eigenvalue weighted by Crippen LogP contribution is -2.35. The molecule has 0 aliphatic carbocycles. The zero-order valence-electron chi connectivity index (χ0n) is 12.1. The average molecular weight is 310 g/mol. The molecule has 4 heteroatoms. The number of benzene rings is 1. The standard InChI is InChI=1S/C16H20ClNOS/c1-16(2,3)18-10-12-6-7-14(9-15(12)17)20-11-13-5-4-8-19-13/h4-9,18H,10-11H2,1-3H3. The van der Waals surface area contributed by atoms with E-state index in [1.165, 1.54) is 0 Å². The summed E-state index contributed by atoms with van der Waals surface area (Å²) in [5.74, 6) is 1.80. The molecular formula is C16H20ClNOS. The van der Waals surface area contributed by atoms with Crippen LogP contribution in [0.4, 0.5) is 0 Å². The molecule has 0 amide bonds. The molecule has 1 aromatic heterocycles. The van der Waals surface area contributed by atoms with E-state index in [-0.39, 0.29) is 5.54 Å². The molecule has 0 unspecified atom stereocenters. The summed E-state index contributed by atoms with van der Waals surface area (Å²) in [6, 6.07) is 10.1. The van der Waals surface area contributed by atoms with E-state index in [0.717, 1.165) is 33.5 Å². The van der Waals surface area contributed by atoms with Gasteiger partial charge in [-0.05, 0) is 50.6 Å². The van der Waals surface area contributed by atoms with E-state index < -0.39 is 0 Å². The fourth-order valence-electron chi connectivity index (χ4n) is 1.67. The van der Waals surface area contributed by atoms with Crippen molar-refractivity contribution >= 4 is 23.4 Å². The summed E-state index contributed by atoms with van der Waals surface area (Å²) in [5.41, 5.74) is 1.22. The number of hydrogen-bond acceptors (Lipinski definition) is 3. The van der Waals surface area contributed by atoms with Gasteiger partial charge < -0.3 is 9.73 Å². The van der Waals surface area contributed by atoms with Gasteiger partial charge in [-0.2, -0.15) is 0 Å². The van der Waals surface area contributed by atoms with Crippen LogP contribution in [-0.4, -0.2) is 5.54 Å². The van der Waals surface area contributed by atoms with Gasteiger partial charge in [-0.15, -0.1) is 11.8 Å². The second-order valence-electron chi connectivity index (χ2n) is 5.72. The topological polar surface area (TPSA) is 25.2 Å². The van der Waals surface area contributed by atoms with Gasteiger partial charge in [-0.3, -0.25) is 0 Å². The van der Waals surface area contributed by atoms with Gasteiger partial charge in [0, 0.05) is 22.0 Å². The molecule has 0 saturated carbocycles. The number of furan rings is 1. The van der Waals surface area contributed by atoms with Crippen LogP contribution in [0.3, 0.4) is 0 Å². The summed E-state index contributed by atoms with van der Waals surface area (Å²) in [4.78, 5) is 1.16. The minimum absolute atomic E-state index is 0.0933. The molecule has 1 aromatic carbocycles. The molecule has 0 saturated heterocycles. The normalized spacial score (nSPS) is 11.8. The van der Waals surface area contributed by atoms with Crippen LogP contribution < -0.4 is 5.32 Å². The highest BCUT2D eigenvalue weighted by atomic mass is 35.5. The molecule has 0 radical (unpaired) electrons. The van der Waals surface area contributed by atoms with Gasteiger partial charge in [0.15, 0.2) is 0 Å². The first-order valence-corrected chi connectivity index (χ1v) is 7.99. The Bertz CT molecular complexity index is 546. The number of nitrogens with one attached hydrogen (secondary N) is 1. The van der Waals surface area contributed by atoms with Crippen LogP contribution in [0.2, 0.25) is 5.02 Å². The van der Waals surface area contributed by atoms with Gasteiger partial charge in [-0.1, -0.05) is 17.7 Å². The molecule has 2 rings (SSSR count). The summed E-state index contributed by atoms with van der Waals surface area (Å²) < 4.78 is 5.32. The smallest absolute Gasteiger partial charge is 0.113 e. The molecule has 0 fully saturated rings. The maximum absolute atomic E-state index is 6.34. The highest BCUT2D eigenvalue weighted by Crippen LogP contribution is 2.27. The van der Waals surface area contributed by atoms with Crippen LogP contribution in [0, 0.1) is 0 Å². The van der Waals surface area contributed by atoms with Crippen LogP contribution in [0.15, 0.2) is 45.9 Å². The summed E-state index contributed by atoms with van der Waals surface area (Å²) in [7, 11) is 0.